The molecule has 1 rings (SSSR count). The lowest BCUT2D eigenvalue weighted by molar-refractivity contribution is 0.305. The summed E-state index contributed by atoms with van der Waals surface area (Å²) >= 11 is 0. The number of hydrogen-bond acceptors (Lipinski definition) is 5. The number of nitrogens with zero attached hydrogens (tertiary/aromatic N) is 2. The van der Waals surface area contributed by atoms with Gasteiger partial charge in [-0.15, -0.1) is 0 Å². The fraction of sp³-hybridized carbons (Fsp3) is 0.692. The molecule has 1 aromatic rings. The van der Waals surface area contributed by atoms with Crippen molar-refractivity contribution in [1.29, 1.82) is 0 Å². The van der Waals surface area contributed by atoms with Crippen LogP contribution in [0.25, 0.3) is 0 Å². The van der Waals surface area contributed by atoms with Crippen molar-refractivity contribution in [2.45, 2.75) is 39.7 Å². The van der Waals surface area contributed by atoms with Crippen LogP contribution in [0.3, 0.4) is 0 Å². The van der Waals surface area contributed by atoms with E-state index in [1.165, 1.54) is 6.33 Å². The Morgan fingerprint density at radius 3 is 2.83 bits per heavy atom. The van der Waals surface area contributed by atoms with Crippen LogP contribution in [-0.4, -0.2) is 29.2 Å². The molecule has 0 amide bonds. The number of nitrogens with one attached hydrogen (secondary N) is 1. The highest BCUT2D eigenvalue weighted by Gasteiger charge is 2.06. The Morgan fingerprint density at radius 1 is 1.39 bits per heavy atom. The quantitative estimate of drug-likeness (QED) is 0.740. The maximum absolute atomic E-state index is 6.00. The van der Waals surface area contributed by atoms with E-state index in [1.54, 1.807) is 6.07 Å². The summed E-state index contributed by atoms with van der Waals surface area (Å²) in [5.74, 6) is 1.97. The zero-order chi connectivity index (χ0) is 13.4. The Bertz CT molecular complexity index is 344. The van der Waals surface area contributed by atoms with Gasteiger partial charge in [0.05, 0.1) is 6.61 Å². The monoisotopic (exact) mass is 252 g/mol. The number of nitrogens with two attached hydrogens (primary N) is 1. The normalized spacial score (nSPS) is 12.5. The van der Waals surface area contributed by atoms with Crippen molar-refractivity contribution in [2.24, 2.45) is 11.7 Å². The van der Waals surface area contributed by atoms with Crippen LogP contribution >= 0.6 is 0 Å². The lowest BCUT2D eigenvalue weighted by Crippen LogP contribution is -2.30. The van der Waals surface area contributed by atoms with Crippen molar-refractivity contribution in [3.05, 3.63) is 12.4 Å². The van der Waals surface area contributed by atoms with Gasteiger partial charge < -0.3 is 15.8 Å². The number of rotatable bonds is 8. The average molecular weight is 252 g/mol. The van der Waals surface area contributed by atoms with Gasteiger partial charge >= 0.3 is 0 Å². The minimum Gasteiger partial charge on any atom is -0.478 e. The summed E-state index contributed by atoms with van der Waals surface area (Å²) in [6, 6.07) is 1.94. The molecule has 0 saturated heterocycles. The maximum Gasteiger partial charge on any atom is 0.218 e. The van der Waals surface area contributed by atoms with Crippen LogP contribution in [0.2, 0.25) is 0 Å². The standard InChI is InChI=1S/C13H24N4O/c1-4-5-18-13-7-12(16-9-17-13)15-8-11(14)6-10(2)3/h7,9-11H,4-6,8,14H2,1-3H3,(H,15,16,17). The fourth-order valence-electron chi connectivity index (χ4n) is 1.65. The smallest absolute Gasteiger partial charge is 0.218 e. The second-order valence-corrected chi connectivity index (χ2v) is 4.86. The molecule has 0 aromatic carbocycles. The Hall–Kier alpha value is -1.36. The van der Waals surface area contributed by atoms with Crippen LogP contribution in [0.4, 0.5) is 5.82 Å². The van der Waals surface area contributed by atoms with Gasteiger partial charge in [-0.25, -0.2) is 9.97 Å². The second-order valence-electron chi connectivity index (χ2n) is 4.86. The summed E-state index contributed by atoms with van der Waals surface area (Å²) in [5, 5.41) is 3.21. The van der Waals surface area contributed by atoms with E-state index in [-0.39, 0.29) is 6.04 Å². The van der Waals surface area contributed by atoms with E-state index in [0.29, 0.717) is 24.9 Å². The van der Waals surface area contributed by atoms with Crippen LogP contribution in [0, 0.1) is 5.92 Å². The van der Waals surface area contributed by atoms with Crippen molar-refractivity contribution < 1.29 is 4.74 Å². The summed E-state index contributed by atoms with van der Waals surface area (Å²) in [6.07, 6.45) is 3.46. The number of anilines is 1. The molecule has 1 atom stereocenters. The molecular formula is C13H24N4O. The molecule has 0 saturated carbocycles. The molecule has 18 heavy (non-hydrogen) atoms. The molecule has 0 spiro atoms. The molecule has 0 radical (unpaired) electrons. The predicted octanol–water partition coefficient (Wildman–Crippen LogP) is 2.05. The lowest BCUT2D eigenvalue weighted by Gasteiger charge is -2.15. The second kappa shape index (κ2) is 7.87. The van der Waals surface area contributed by atoms with Crippen LogP contribution in [-0.2, 0) is 0 Å². The molecule has 102 valence electrons. The molecule has 0 fully saturated rings. The Kier molecular flexibility index (Phi) is 6.43. The summed E-state index contributed by atoms with van der Waals surface area (Å²) in [5.41, 5.74) is 6.00. The summed E-state index contributed by atoms with van der Waals surface area (Å²) in [4.78, 5) is 8.19. The molecule has 5 nitrogen and oxygen atoms in total. The van der Waals surface area contributed by atoms with Crippen molar-refractivity contribution >= 4 is 5.82 Å². The predicted molar refractivity (Wildman–Crippen MR) is 73.7 cm³/mol. The van der Waals surface area contributed by atoms with E-state index >= 15 is 0 Å². The van der Waals surface area contributed by atoms with Crippen molar-refractivity contribution in [3.8, 4) is 5.88 Å². The van der Waals surface area contributed by atoms with E-state index in [1.807, 2.05) is 0 Å². The van der Waals surface area contributed by atoms with Crippen LogP contribution in [0.5, 0.6) is 5.88 Å². The van der Waals surface area contributed by atoms with Crippen molar-refractivity contribution in [3.63, 3.8) is 0 Å². The molecular weight excluding hydrogens is 228 g/mol. The fourth-order valence-corrected chi connectivity index (χ4v) is 1.65. The van der Waals surface area contributed by atoms with Gasteiger partial charge in [-0.2, -0.15) is 0 Å². The van der Waals surface area contributed by atoms with Gasteiger partial charge in [0.1, 0.15) is 12.1 Å². The first-order chi connectivity index (χ1) is 8.61. The molecule has 1 unspecified atom stereocenters. The van der Waals surface area contributed by atoms with E-state index in [2.05, 4.69) is 36.1 Å². The largest absolute Gasteiger partial charge is 0.478 e. The van der Waals surface area contributed by atoms with Gasteiger partial charge in [-0.05, 0) is 18.8 Å². The molecule has 0 bridgehead atoms. The molecule has 3 N–H and O–H groups in total. The SMILES string of the molecule is CCCOc1cc(NCC(N)CC(C)C)ncn1. The minimum absolute atomic E-state index is 0.139. The van der Waals surface area contributed by atoms with E-state index in [9.17, 15) is 0 Å². The lowest BCUT2D eigenvalue weighted by atomic mass is 10.0. The van der Waals surface area contributed by atoms with Crippen LogP contribution < -0.4 is 15.8 Å². The van der Waals surface area contributed by atoms with Gasteiger partial charge in [0.15, 0.2) is 0 Å². The molecule has 5 heteroatoms. The highest BCUT2D eigenvalue weighted by molar-refractivity contribution is 5.37. The molecule has 0 aliphatic heterocycles. The first-order valence-corrected chi connectivity index (χ1v) is 6.56. The van der Waals surface area contributed by atoms with E-state index in [0.717, 1.165) is 18.7 Å². The Labute approximate surface area is 109 Å². The number of hydrogen-bond donors (Lipinski definition) is 2. The van der Waals surface area contributed by atoms with Crippen molar-refractivity contribution in [2.75, 3.05) is 18.5 Å². The van der Waals surface area contributed by atoms with Crippen LogP contribution in [0.15, 0.2) is 12.4 Å². The molecule has 0 aliphatic carbocycles. The summed E-state index contributed by atoms with van der Waals surface area (Å²) in [7, 11) is 0. The topological polar surface area (TPSA) is 73.1 Å². The first-order valence-electron chi connectivity index (χ1n) is 6.56. The minimum atomic E-state index is 0.139. The van der Waals surface area contributed by atoms with Gasteiger partial charge in [0, 0.05) is 18.7 Å². The van der Waals surface area contributed by atoms with Gasteiger partial charge in [0.25, 0.3) is 0 Å². The molecule has 1 aromatic heterocycles. The highest BCUT2D eigenvalue weighted by Crippen LogP contribution is 2.11. The molecule has 0 aliphatic rings. The Morgan fingerprint density at radius 2 is 2.17 bits per heavy atom. The third-order valence-electron chi connectivity index (χ3n) is 2.42. The third-order valence-corrected chi connectivity index (χ3v) is 2.42. The van der Waals surface area contributed by atoms with Crippen molar-refractivity contribution in [1.82, 2.24) is 9.97 Å². The zero-order valence-electron chi connectivity index (χ0n) is 11.5. The number of ether oxygens (including phenoxy) is 1. The van der Waals surface area contributed by atoms with Gasteiger partial charge in [-0.1, -0.05) is 20.8 Å². The first kappa shape index (κ1) is 14.7. The van der Waals surface area contributed by atoms with E-state index < -0.39 is 0 Å². The molecule has 1 heterocycles. The summed E-state index contributed by atoms with van der Waals surface area (Å²) in [6.45, 7) is 7.78. The number of aromatic nitrogens is 2. The zero-order valence-corrected chi connectivity index (χ0v) is 11.5. The Balaban J connectivity index is 2.41. The maximum atomic E-state index is 6.00. The van der Waals surface area contributed by atoms with E-state index in [4.69, 9.17) is 10.5 Å². The highest BCUT2D eigenvalue weighted by atomic mass is 16.5. The third kappa shape index (κ3) is 5.82. The summed E-state index contributed by atoms with van der Waals surface area (Å²) < 4.78 is 5.44. The van der Waals surface area contributed by atoms with Gasteiger partial charge in [-0.3, -0.25) is 0 Å². The van der Waals surface area contributed by atoms with Crippen LogP contribution in [0.1, 0.15) is 33.6 Å². The van der Waals surface area contributed by atoms with Gasteiger partial charge in [0.2, 0.25) is 5.88 Å². The average Bonchev–Trinajstić information content (AvgIpc) is 2.33.